The van der Waals surface area contributed by atoms with Crippen LogP contribution in [0.1, 0.15) is 17.8 Å². The Bertz CT molecular complexity index is 589. The van der Waals surface area contributed by atoms with Crippen molar-refractivity contribution >= 4 is 23.4 Å². The van der Waals surface area contributed by atoms with Gasteiger partial charge in [-0.15, -0.1) is 11.8 Å². The highest BCUT2D eigenvalue weighted by molar-refractivity contribution is 7.98. The topological polar surface area (TPSA) is 54.2 Å². The summed E-state index contributed by atoms with van der Waals surface area (Å²) in [6, 6.07) is 7.93. The Morgan fingerprint density at radius 2 is 2.24 bits per heavy atom. The van der Waals surface area contributed by atoms with Gasteiger partial charge in [0.15, 0.2) is 5.82 Å². The summed E-state index contributed by atoms with van der Waals surface area (Å²) in [6.45, 7) is 2.86. The first-order chi connectivity index (χ1) is 10.2. The van der Waals surface area contributed by atoms with E-state index >= 15 is 0 Å². The van der Waals surface area contributed by atoms with Crippen molar-refractivity contribution in [2.24, 2.45) is 0 Å². The molecule has 112 valence electrons. The van der Waals surface area contributed by atoms with Crippen molar-refractivity contribution in [1.82, 2.24) is 20.4 Å². The predicted octanol–water partition coefficient (Wildman–Crippen LogP) is 2.59. The Labute approximate surface area is 133 Å². The van der Waals surface area contributed by atoms with Gasteiger partial charge in [-0.2, -0.15) is 4.98 Å². The molecule has 1 N–H and O–H groups in total. The zero-order chi connectivity index (χ0) is 14.7. The van der Waals surface area contributed by atoms with Crippen molar-refractivity contribution in [3.8, 4) is 0 Å². The van der Waals surface area contributed by atoms with E-state index in [2.05, 4.69) is 27.4 Å². The highest BCUT2D eigenvalue weighted by Gasteiger charge is 2.25. The van der Waals surface area contributed by atoms with Gasteiger partial charge < -0.3 is 9.84 Å². The smallest absolute Gasteiger partial charge is 0.237 e. The van der Waals surface area contributed by atoms with E-state index in [0.717, 1.165) is 35.4 Å². The zero-order valence-electron chi connectivity index (χ0n) is 11.8. The van der Waals surface area contributed by atoms with E-state index in [9.17, 15) is 0 Å². The van der Waals surface area contributed by atoms with Gasteiger partial charge in [-0.1, -0.05) is 16.8 Å². The van der Waals surface area contributed by atoms with Crippen LogP contribution in [0.4, 0.5) is 0 Å². The molecule has 1 saturated heterocycles. The summed E-state index contributed by atoms with van der Waals surface area (Å²) in [5, 5.41) is 8.21. The lowest BCUT2D eigenvalue weighted by Crippen LogP contribution is -2.44. The predicted molar refractivity (Wildman–Crippen MR) is 83.6 cm³/mol. The average molecular weight is 325 g/mol. The number of halogens is 1. The third kappa shape index (κ3) is 3.77. The number of rotatable bonds is 4. The largest absolute Gasteiger partial charge is 0.338 e. The third-order valence-corrected chi connectivity index (χ3v) is 4.72. The van der Waals surface area contributed by atoms with Gasteiger partial charge in [0, 0.05) is 29.6 Å². The van der Waals surface area contributed by atoms with Crippen LogP contribution in [-0.2, 0) is 5.75 Å². The van der Waals surface area contributed by atoms with Gasteiger partial charge in [0.1, 0.15) is 0 Å². The molecule has 1 aliphatic rings. The Balaban J connectivity index is 1.61. The second-order valence-electron chi connectivity index (χ2n) is 4.99. The molecule has 2 heterocycles. The lowest BCUT2D eigenvalue weighted by molar-refractivity contribution is 0.190. The first kappa shape index (κ1) is 14.8. The van der Waals surface area contributed by atoms with Crippen LogP contribution in [-0.4, -0.2) is 41.7 Å². The zero-order valence-corrected chi connectivity index (χ0v) is 13.3. The summed E-state index contributed by atoms with van der Waals surface area (Å²) < 4.78 is 5.35. The molecular formula is C14H17ClN4OS. The summed E-state index contributed by atoms with van der Waals surface area (Å²) in [7, 11) is 2.09. The minimum atomic E-state index is 0.191. The number of likely N-dealkylation sites (N-methyl/N-ethyl adjacent to an activating group) is 1. The maximum atomic E-state index is 5.87. The van der Waals surface area contributed by atoms with E-state index < -0.39 is 0 Å². The van der Waals surface area contributed by atoms with Crippen LogP contribution in [0.15, 0.2) is 33.7 Å². The minimum absolute atomic E-state index is 0.191. The Morgan fingerprint density at radius 1 is 1.43 bits per heavy atom. The van der Waals surface area contributed by atoms with E-state index in [4.69, 9.17) is 16.1 Å². The first-order valence-corrected chi connectivity index (χ1v) is 8.20. The molecular weight excluding hydrogens is 308 g/mol. The molecule has 2 aromatic rings. The van der Waals surface area contributed by atoms with Crippen molar-refractivity contribution in [2.45, 2.75) is 16.7 Å². The molecule has 1 fully saturated rings. The summed E-state index contributed by atoms with van der Waals surface area (Å²) in [4.78, 5) is 7.89. The van der Waals surface area contributed by atoms with Crippen molar-refractivity contribution < 1.29 is 4.52 Å². The molecule has 0 bridgehead atoms. The Morgan fingerprint density at radius 3 is 3.00 bits per heavy atom. The number of aromatic nitrogens is 2. The molecule has 1 atom stereocenters. The minimum Gasteiger partial charge on any atom is -0.338 e. The third-order valence-electron chi connectivity index (χ3n) is 3.47. The fourth-order valence-electron chi connectivity index (χ4n) is 2.23. The maximum Gasteiger partial charge on any atom is 0.237 e. The molecule has 1 aromatic heterocycles. The maximum absolute atomic E-state index is 5.87. The molecule has 3 rings (SSSR count). The number of benzene rings is 1. The normalized spacial score (nSPS) is 19.8. The molecule has 1 aliphatic heterocycles. The van der Waals surface area contributed by atoms with Crippen LogP contribution in [0, 0.1) is 0 Å². The van der Waals surface area contributed by atoms with Crippen molar-refractivity contribution in [3.05, 3.63) is 41.0 Å². The molecule has 1 unspecified atom stereocenters. The van der Waals surface area contributed by atoms with Crippen LogP contribution in [0.2, 0.25) is 5.02 Å². The van der Waals surface area contributed by atoms with Gasteiger partial charge in [-0.25, -0.2) is 0 Å². The monoisotopic (exact) mass is 324 g/mol. The second-order valence-corrected chi connectivity index (χ2v) is 6.47. The van der Waals surface area contributed by atoms with Crippen LogP contribution < -0.4 is 5.32 Å². The number of nitrogens with one attached hydrogen (secondary N) is 1. The van der Waals surface area contributed by atoms with Gasteiger partial charge >= 0.3 is 0 Å². The number of nitrogens with zero attached hydrogens (tertiary/aromatic N) is 3. The molecule has 21 heavy (non-hydrogen) atoms. The summed E-state index contributed by atoms with van der Waals surface area (Å²) in [5.74, 6) is 2.08. The molecule has 1 aromatic carbocycles. The molecule has 0 spiro atoms. The van der Waals surface area contributed by atoms with Crippen LogP contribution >= 0.6 is 23.4 Å². The number of piperazine rings is 1. The van der Waals surface area contributed by atoms with Crippen LogP contribution in [0.25, 0.3) is 0 Å². The lowest BCUT2D eigenvalue weighted by atomic mass is 10.2. The second kappa shape index (κ2) is 6.79. The van der Waals surface area contributed by atoms with Crippen molar-refractivity contribution in [2.75, 3.05) is 26.7 Å². The molecule has 5 nitrogen and oxygen atoms in total. The first-order valence-electron chi connectivity index (χ1n) is 6.84. The van der Waals surface area contributed by atoms with Gasteiger partial charge in [-0.3, -0.25) is 4.90 Å². The number of hydrogen-bond donors (Lipinski definition) is 1. The standard InChI is InChI=1S/C14H17ClN4OS/c1-19-7-6-16-8-12(19)14-17-13(20-18-14)9-21-11-4-2-10(15)3-5-11/h2-5,12,16H,6-9H2,1H3. The van der Waals surface area contributed by atoms with Gasteiger partial charge in [0.25, 0.3) is 0 Å². The van der Waals surface area contributed by atoms with Crippen LogP contribution in [0.5, 0.6) is 0 Å². The fraction of sp³-hybridized carbons (Fsp3) is 0.429. The lowest BCUT2D eigenvalue weighted by Gasteiger charge is -2.30. The Kier molecular flexibility index (Phi) is 4.80. The molecule has 7 heteroatoms. The summed E-state index contributed by atoms with van der Waals surface area (Å²) in [5.41, 5.74) is 0. The quantitative estimate of drug-likeness (QED) is 0.872. The number of thioether (sulfide) groups is 1. The van der Waals surface area contributed by atoms with E-state index in [1.807, 2.05) is 24.3 Å². The van der Waals surface area contributed by atoms with E-state index in [1.54, 1.807) is 11.8 Å². The van der Waals surface area contributed by atoms with Gasteiger partial charge in [0.2, 0.25) is 5.89 Å². The molecule has 0 aliphatic carbocycles. The molecule has 0 saturated carbocycles. The van der Waals surface area contributed by atoms with Crippen molar-refractivity contribution in [1.29, 1.82) is 0 Å². The van der Waals surface area contributed by atoms with Gasteiger partial charge in [-0.05, 0) is 31.3 Å². The van der Waals surface area contributed by atoms with Crippen molar-refractivity contribution in [3.63, 3.8) is 0 Å². The van der Waals surface area contributed by atoms with E-state index in [1.165, 1.54) is 0 Å². The Hall–Kier alpha value is -1.08. The number of hydrogen-bond acceptors (Lipinski definition) is 6. The van der Waals surface area contributed by atoms with Crippen LogP contribution in [0.3, 0.4) is 0 Å². The highest BCUT2D eigenvalue weighted by atomic mass is 35.5. The van der Waals surface area contributed by atoms with Gasteiger partial charge in [0.05, 0.1) is 11.8 Å². The van der Waals surface area contributed by atoms with E-state index in [-0.39, 0.29) is 6.04 Å². The fourth-order valence-corrected chi connectivity index (χ4v) is 3.09. The summed E-state index contributed by atoms with van der Waals surface area (Å²) in [6.07, 6.45) is 0. The molecule has 0 radical (unpaired) electrons. The average Bonchev–Trinajstić information content (AvgIpc) is 2.96. The summed E-state index contributed by atoms with van der Waals surface area (Å²) >= 11 is 7.53. The van der Waals surface area contributed by atoms with E-state index in [0.29, 0.717) is 11.6 Å². The molecule has 0 amide bonds. The highest BCUT2D eigenvalue weighted by Crippen LogP contribution is 2.25. The SMILES string of the molecule is CN1CCNCC1c1noc(CSc2ccc(Cl)cc2)n1.